The van der Waals surface area contributed by atoms with Crippen LogP contribution < -0.4 is 15.4 Å². The molecule has 0 fully saturated rings. The van der Waals surface area contributed by atoms with Gasteiger partial charge in [-0.25, -0.2) is 4.90 Å². The van der Waals surface area contributed by atoms with Crippen LogP contribution in [0.15, 0.2) is 39.7 Å². The summed E-state index contributed by atoms with van der Waals surface area (Å²) >= 11 is 18.8. The number of hydrogen-bond donors (Lipinski definition) is 1. The Morgan fingerprint density at radius 3 is 2.58 bits per heavy atom. The molecule has 3 rings (SSSR count). The maximum Gasteiger partial charge on any atom is 0.208 e. The van der Waals surface area contributed by atoms with Crippen molar-refractivity contribution in [3.05, 3.63) is 51.0 Å². The average Bonchev–Trinajstić information content (AvgIpc) is 3.03. The van der Waals surface area contributed by atoms with E-state index in [4.69, 9.17) is 49.7 Å². The Morgan fingerprint density at radius 2 is 1.92 bits per heavy atom. The molecule has 0 saturated carbocycles. The van der Waals surface area contributed by atoms with Crippen LogP contribution in [0.1, 0.15) is 5.56 Å². The van der Waals surface area contributed by atoms with Gasteiger partial charge < -0.3 is 14.9 Å². The Balaban J connectivity index is 2.27. The minimum atomic E-state index is 0.198. The highest BCUT2D eigenvalue weighted by molar-refractivity contribution is 6.39. The minimum absolute atomic E-state index is 0.198. The molecule has 5 nitrogen and oxygen atoms in total. The van der Waals surface area contributed by atoms with Gasteiger partial charge in [0.05, 0.1) is 17.8 Å². The quantitative estimate of drug-likeness (QED) is 0.436. The maximum atomic E-state index is 6.39. The number of ether oxygens (including phenoxy) is 1. The Hall–Kier alpha value is -2.08. The normalized spacial score (nSPS) is 11.8. The van der Waals surface area contributed by atoms with Crippen molar-refractivity contribution in [3.8, 4) is 5.75 Å². The van der Waals surface area contributed by atoms with Crippen LogP contribution in [0, 0.1) is 6.92 Å². The summed E-state index contributed by atoms with van der Waals surface area (Å²) in [5.74, 6) is 1.16. The maximum absolute atomic E-state index is 6.39. The van der Waals surface area contributed by atoms with E-state index >= 15 is 0 Å². The Labute approximate surface area is 165 Å². The van der Waals surface area contributed by atoms with E-state index in [1.165, 1.54) is 0 Å². The van der Waals surface area contributed by atoms with Crippen LogP contribution in [-0.2, 0) is 0 Å². The van der Waals surface area contributed by atoms with Crippen molar-refractivity contribution in [3.63, 3.8) is 0 Å². The molecule has 0 aliphatic rings. The van der Waals surface area contributed by atoms with Crippen LogP contribution in [0.4, 0.5) is 11.6 Å². The van der Waals surface area contributed by atoms with E-state index in [9.17, 15) is 0 Å². The third kappa shape index (κ3) is 3.18. The summed E-state index contributed by atoms with van der Waals surface area (Å²) in [6.45, 7) is 1.83. The van der Waals surface area contributed by atoms with E-state index in [0.29, 0.717) is 38.0 Å². The summed E-state index contributed by atoms with van der Waals surface area (Å²) < 4.78 is 11.4. The van der Waals surface area contributed by atoms with Gasteiger partial charge in [-0.2, -0.15) is 0 Å². The lowest BCUT2D eigenvalue weighted by Crippen LogP contribution is -2.33. The third-order valence-electron chi connectivity index (χ3n) is 3.98. The summed E-state index contributed by atoms with van der Waals surface area (Å²) in [6.07, 6.45) is 0. The number of anilines is 2. The lowest BCUT2D eigenvalue weighted by Gasteiger charge is -2.22. The van der Waals surface area contributed by atoms with Gasteiger partial charge in [0.15, 0.2) is 5.58 Å². The van der Waals surface area contributed by atoms with Gasteiger partial charge in [0, 0.05) is 28.5 Å². The largest absolute Gasteiger partial charge is 0.495 e. The number of benzene rings is 2. The summed E-state index contributed by atoms with van der Waals surface area (Å²) in [5.41, 5.74) is 7.97. The number of fused-ring (bicyclic) bond motifs is 1. The molecule has 0 unspecified atom stereocenters. The fourth-order valence-corrected chi connectivity index (χ4v) is 3.27. The van der Waals surface area contributed by atoms with E-state index in [1.54, 1.807) is 49.4 Å². The molecule has 0 amide bonds. The van der Waals surface area contributed by atoms with Gasteiger partial charge >= 0.3 is 0 Å². The molecule has 0 aliphatic heterocycles. The molecule has 3 aromatic rings. The van der Waals surface area contributed by atoms with E-state index in [1.807, 2.05) is 6.92 Å². The van der Waals surface area contributed by atoms with Gasteiger partial charge in [-0.1, -0.05) is 34.8 Å². The van der Waals surface area contributed by atoms with E-state index in [2.05, 4.69) is 4.99 Å². The SMILES string of the molecule is CN=C(N)N(c1cc2cc(Cl)c(C)c(Cl)c2o1)c1cc(Cl)ccc1OC. The number of nitrogens with zero attached hydrogens (tertiary/aromatic N) is 2. The molecule has 0 spiro atoms. The number of halogens is 3. The first-order valence-electron chi connectivity index (χ1n) is 7.61. The summed E-state index contributed by atoms with van der Waals surface area (Å²) in [6, 6.07) is 8.75. The summed E-state index contributed by atoms with van der Waals surface area (Å²) in [5, 5.41) is 2.26. The number of furan rings is 1. The van der Waals surface area contributed by atoms with Crippen molar-refractivity contribution in [2.24, 2.45) is 10.7 Å². The van der Waals surface area contributed by atoms with Crippen molar-refractivity contribution in [1.82, 2.24) is 0 Å². The molecule has 0 atom stereocenters. The first-order chi connectivity index (χ1) is 12.4. The fraction of sp³-hybridized carbons (Fsp3) is 0.167. The first kappa shape index (κ1) is 18.7. The number of guanidine groups is 1. The van der Waals surface area contributed by atoms with Crippen LogP contribution in [0.3, 0.4) is 0 Å². The second-order valence-electron chi connectivity index (χ2n) is 5.53. The smallest absolute Gasteiger partial charge is 0.208 e. The lowest BCUT2D eigenvalue weighted by molar-refractivity contribution is 0.415. The molecule has 0 bridgehead atoms. The number of hydrogen-bond acceptors (Lipinski definition) is 3. The topological polar surface area (TPSA) is 64.0 Å². The first-order valence-corrected chi connectivity index (χ1v) is 8.74. The van der Waals surface area contributed by atoms with Gasteiger partial charge in [0.2, 0.25) is 11.8 Å². The Kier molecular flexibility index (Phi) is 5.23. The van der Waals surface area contributed by atoms with Gasteiger partial charge in [0.25, 0.3) is 0 Å². The standard InChI is InChI=1S/C18H16Cl3N3O2/c1-9-12(20)6-10-7-15(26-17(10)16(9)21)24(18(22)23-2)13-8-11(19)4-5-14(13)25-3/h4-8H,1-3H3,(H2,22,23). The van der Waals surface area contributed by atoms with Crippen molar-refractivity contribution in [2.45, 2.75) is 6.92 Å². The Bertz CT molecular complexity index is 1010. The molecule has 8 heteroatoms. The molecular formula is C18H16Cl3N3O2. The zero-order valence-corrected chi connectivity index (χ0v) is 16.6. The summed E-state index contributed by atoms with van der Waals surface area (Å²) in [4.78, 5) is 5.68. The third-order valence-corrected chi connectivity index (χ3v) is 5.06. The van der Waals surface area contributed by atoms with Crippen LogP contribution in [0.2, 0.25) is 15.1 Å². The van der Waals surface area contributed by atoms with Gasteiger partial charge in [0.1, 0.15) is 5.75 Å². The summed E-state index contributed by atoms with van der Waals surface area (Å²) in [7, 11) is 3.14. The number of nitrogens with two attached hydrogens (primary N) is 1. The molecule has 1 heterocycles. The molecule has 1 aromatic heterocycles. The second kappa shape index (κ2) is 7.27. The van der Waals surface area contributed by atoms with E-state index in [0.717, 1.165) is 10.9 Å². The predicted octanol–water partition coefficient (Wildman–Crippen LogP) is 5.79. The van der Waals surface area contributed by atoms with Gasteiger partial charge in [-0.15, -0.1) is 0 Å². The molecular weight excluding hydrogens is 397 g/mol. The zero-order valence-electron chi connectivity index (χ0n) is 14.3. The lowest BCUT2D eigenvalue weighted by atomic mass is 10.2. The van der Waals surface area contributed by atoms with Crippen molar-refractivity contribution in [2.75, 3.05) is 19.1 Å². The van der Waals surface area contributed by atoms with Crippen LogP contribution in [0.5, 0.6) is 5.75 Å². The van der Waals surface area contributed by atoms with Crippen molar-refractivity contribution >= 4 is 63.3 Å². The highest BCUT2D eigenvalue weighted by atomic mass is 35.5. The minimum Gasteiger partial charge on any atom is -0.495 e. The molecule has 26 heavy (non-hydrogen) atoms. The number of rotatable bonds is 3. The molecule has 136 valence electrons. The second-order valence-corrected chi connectivity index (χ2v) is 6.76. The van der Waals surface area contributed by atoms with Crippen LogP contribution in [0.25, 0.3) is 11.0 Å². The molecule has 0 saturated heterocycles. The molecule has 2 aromatic carbocycles. The Morgan fingerprint density at radius 1 is 1.19 bits per heavy atom. The highest BCUT2D eigenvalue weighted by Gasteiger charge is 2.23. The monoisotopic (exact) mass is 411 g/mol. The highest BCUT2D eigenvalue weighted by Crippen LogP contribution is 2.41. The van der Waals surface area contributed by atoms with Gasteiger partial charge in [-0.3, -0.25) is 4.99 Å². The average molecular weight is 413 g/mol. The van der Waals surface area contributed by atoms with Gasteiger partial charge in [-0.05, 0) is 36.8 Å². The van der Waals surface area contributed by atoms with Crippen LogP contribution in [-0.4, -0.2) is 20.1 Å². The number of aliphatic imine (C=N–C) groups is 1. The van der Waals surface area contributed by atoms with Crippen molar-refractivity contribution in [1.29, 1.82) is 0 Å². The van der Waals surface area contributed by atoms with E-state index in [-0.39, 0.29) is 5.96 Å². The van der Waals surface area contributed by atoms with Crippen LogP contribution >= 0.6 is 34.8 Å². The van der Waals surface area contributed by atoms with Crippen molar-refractivity contribution < 1.29 is 9.15 Å². The molecule has 0 radical (unpaired) electrons. The van der Waals surface area contributed by atoms with E-state index < -0.39 is 0 Å². The fourth-order valence-electron chi connectivity index (χ4n) is 2.59. The predicted molar refractivity (Wildman–Crippen MR) is 109 cm³/mol. The number of methoxy groups -OCH3 is 1. The molecule has 2 N–H and O–H groups in total. The zero-order chi connectivity index (χ0) is 19.0. The molecule has 0 aliphatic carbocycles.